The van der Waals surface area contributed by atoms with Crippen LogP contribution in [0.25, 0.3) is 11.4 Å². The topological polar surface area (TPSA) is 114 Å². The zero-order chi connectivity index (χ0) is 15.6. The third-order valence-electron chi connectivity index (χ3n) is 2.69. The molecule has 2 aromatic rings. The molecule has 0 aliphatic rings. The Morgan fingerprint density at radius 2 is 1.86 bits per heavy atom. The average molecular weight is 287 g/mol. The van der Waals surface area contributed by atoms with Gasteiger partial charge in [-0.05, 0) is 12.1 Å². The molecule has 0 saturated heterocycles. The number of nitrogens with zero attached hydrogens (tertiary/aromatic N) is 3. The number of para-hydroxylation sites is 1. The number of nitrogens with one attached hydrogen (secondary N) is 1. The molecule has 0 aliphatic heterocycles. The van der Waals surface area contributed by atoms with Gasteiger partial charge in [-0.25, -0.2) is 9.78 Å². The van der Waals surface area contributed by atoms with Gasteiger partial charge in [0, 0.05) is 5.41 Å². The monoisotopic (exact) mass is 287 g/mol. The van der Waals surface area contributed by atoms with Gasteiger partial charge in [0.2, 0.25) is 5.95 Å². The summed E-state index contributed by atoms with van der Waals surface area (Å²) >= 11 is 0. The van der Waals surface area contributed by atoms with Crippen LogP contribution in [0.15, 0.2) is 24.3 Å². The highest BCUT2D eigenvalue weighted by Crippen LogP contribution is 2.28. The van der Waals surface area contributed by atoms with Crippen molar-refractivity contribution < 1.29 is 9.90 Å². The van der Waals surface area contributed by atoms with Crippen molar-refractivity contribution in [1.82, 2.24) is 15.0 Å². The SMILES string of the molecule is CC(C)(C)c1nc(NC(N)=O)nc(-c2ccccc2O)n1. The van der Waals surface area contributed by atoms with Gasteiger partial charge < -0.3 is 10.8 Å². The maximum absolute atomic E-state index is 11.0. The quantitative estimate of drug-likeness (QED) is 0.782. The van der Waals surface area contributed by atoms with Crippen LogP contribution >= 0.6 is 0 Å². The largest absolute Gasteiger partial charge is 0.507 e. The van der Waals surface area contributed by atoms with Crippen LogP contribution in [-0.2, 0) is 5.41 Å². The number of aromatic nitrogens is 3. The number of carbonyl (C=O) groups is 1. The predicted octanol–water partition coefficient (Wildman–Crippen LogP) is 2.03. The summed E-state index contributed by atoms with van der Waals surface area (Å²) in [5, 5.41) is 12.3. The molecule has 1 aromatic heterocycles. The van der Waals surface area contributed by atoms with Gasteiger partial charge in [-0.15, -0.1) is 0 Å². The summed E-state index contributed by atoms with van der Waals surface area (Å²) in [7, 11) is 0. The molecule has 2 rings (SSSR count). The first-order valence-corrected chi connectivity index (χ1v) is 6.39. The van der Waals surface area contributed by atoms with Gasteiger partial charge >= 0.3 is 6.03 Å². The molecule has 0 unspecified atom stereocenters. The van der Waals surface area contributed by atoms with Crippen LogP contribution in [0.5, 0.6) is 5.75 Å². The Labute approximate surface area is 122 Å². The number of nitrogens with two attached hydrogens (primary N) is 1. The Morgan fingerprint density at radius 3 is 2.43 bits per heavy atom. The summed E-state index contributed by atoms with van der Waals surface area (Å²) in [6, 6.07) is 5.93. The zero-order valence-electron chi connectivity index (χ0n) is 12.1. The van der Waals surface area contributed by atoms with Crippen molar-refractivity contribution in [2.45, 2.75) is 26.2 Å². The molecule has 0 fully saturated rings. The van der Waals surface area contributed by atoms with Gasteiger partial charge in [0.15, 0.2) is 5.82 Å². The fourth-order valence-corrected chi connectivity index (χ4v) is 1.66. The molecular weight excluding hydrogens is 270 g/mol. The molecular formula is C14H17N5O2. The van der Waals surface area contributed by atoms with Gasteiger partial charge in [-0.3, -0.25) is 5.32 Å². The van der Waals surface area contributed by atoms with Crippen molar-refractivity contribution in [2.24, 2.45) is 5.73 Å². The Morgan fingerprint density at radius 1 is 1.19 bits per heavy atom. The Bertz CT molecular complexity index is 679. The molecule has 4 N–H and O–H groups in total. The van der Waals surface area contributed by atoms with Crippen LogP contribution in [0, 0.1) is 0 Å². The predicted molar refractivity (Wildman–Crippen MR) is 78.8 cm³/mol. The van der Waals surface area contributed by atoms with E-state index in [1.807, 2.05) is 20.8 Å². The maximum Gasteiger partial charge on any atom is 0.319 e. The lowest BCUT2D eigenvalue weighted by Gasteiger charge is -2.18. The molecule has 1 heterocycles. The molecule has 1 aromatic carbocycles. The summed E-state index contributed by atoms with van der Waals surface area (Å²) in [4.78, 5) is 23.7. The summed E-state index contributed by atoms with van der Waals surface area (Å²) in [6.45, 7) is 5.81. The third-order valence-corrected chi connectivity index (χ3v) is 2.69. The van der Waals surface area contributed by atoms with Crippen LogP contribution in [0.2, 0.25) is 0 Å². The van der Waals surface area contributed by atoms with Crippen molar-refractivity contribution >= 4 is 12.0 Å². The molecule has 0 saturated carbocycles. The number of primary amides is 1. The van der Waals surface area contributed by atoms with Crippen LogP contribution in [0.1, 0.15) is 26.6 Å². The molecule has 2 amide bonds. The highest BCUT2D eigenvalue weighted by molar-refractivity contribution is 5.86. The minimum Gasteiger partial charge on any atom is -0.507 e. The lowest BCUT2D eigenvalue weighted by molar-refractivity contribution is 0.259. The molecule has 0 spiro atoms. The summed E-state index contributed by atoms with van der Waals surface area (Å²) in [5.41, 5.74) is 5.21. The number of aromatic hydroxyl groups is 1. The highest BCUT2D eigenvalue weighted by Gasteiger charge is 2.21. The van der Waals surface area contributed by atoms with E-state index in [0.717, 1.165) is 0 Å². The Kier molecular flexibility index (Phi) is 3.75. The van der Waals surface area contributed by atoms with E-state index in [4.69, 9.17) is 5.73 Å². The number of carbonyl (C=O) groups excluding carboxylic acids is 1. The normalized spacial score (nSPS) is 11.2. The van der Waals surface area contributed by atoms with Crippen molar-refractivity contribution in [3.05, 3.63) is 30.1 Å². The van der Waals surface area contributed by atoms with E-state index in [2.05, 4.69) is 20.3 Å². The second kappa shape index (κ2) is 5.35. The molecule has 0 aliphatic carbocycles. The van der Waals surface area contributed by atoms with E-state index < -0.39 is 6.03 Å². The lowest BCUT2D eigenvalue weighted by Crippen LogP contribution is -2.24. The number of phenolic OH excluding ortho intramolecular Hbond substituents is 1. The number of benzene rings is 1. The van der Waals surface area contributed by atoms with E-state index >= 15 is 0 Å². The van der Waals surface area contributed by atoms with Crippen molar-refractivity contribution in [3.63, 3.8) is 0 Å². The highest BCUT2D eigenvalue weighted by atomic mass is 16.3. The first kappa shape index (κ1) is 14.7. The van der Waals surface area contributed by atoms with E-state index in [9.17, 15) is 9.90 Å². The maximum atomic E-state index is 11.0. The molecule has 0 atom stereocenters. The fraction of sp³-hybridized carbons (Fsp3) is 0.286. The van der Waals surface area contributed by atoms with E-state index in [1.165, 1.54) is 6.07 Å². The molecule has 7 nitrogen and oxygen atoms in total. The lowest BCUT2D eigenvalue weighted by atomic mass is 9.96. The van der Waals surface area contributed by atoms with Crippen LogP contribution < -0.4 is 11.1 Å². The van der Waals surface area contributed by atoms with Gasteiger partial charge in [0.25, 0.3) is 0 Å². The minimum atomic E-state index is -0.760. The summed E-state index contributed by atoms with van der Waals surface area (Å²) in [5.74, 6) is 0.866. The van der Waals surface area contributed by atoms with Gasteiger partial charge in [0.1, 0.15) is 11.6 Å². The van der Waals surface area contributed by atoms with Gasteiger partial charge in [0.05, 0.1) is 5.56 Å². The van der Waals surface area contributed by atoms with Crippen LogP contribution in [-0.4, -0.2) is 26.1 Å². The van der Waals surface area contributed by atoms with E-state index in [-0.39, 0.29) is 22.9 Å². The summed E-state index contributed by atoms with van der Waals surface area (Å²) < 4.78 is 0. The van der Waals surface area contributed by atoms with Gasteiger partial charge in [-0.2, -0.15) is 9.97 Å². The van der Waals surface area contributed by atoms with Crippen LogP contribution in [0.4, 0.5) is 10.7 Å². The van der Waals surface area contributed by atoms with Crippen molar-refractivity contribution in [3.8, 4) is 17.1 Å². The first-order valence-electron chi connectivity index (χ1n) is 6.39. The average Bonchev–Trinajstić information content (AvgIpc) is 2.37. The number of hydrogen-bond donors (Lipinski definition) is 3. The second-order valence-electron chi connectivity index (χ2n) is 5.56. The third kappa shape index (κ3) is 3.44. The molecule has 7 heteroatoms. The number of amides is 2. The Hall–Kier alpha value is -2.70. The van der Waals surface area contributed by atoms with E-state index in [0.29, 0.717) is 11.4 Å². The molecule has 21 heavy (non-hydrogen) atoms. The number of anilines is 1. The van der Waals surface area contributed by atoms with Gasteiger partial charge in [-0.1, -0.05) is 32.9 Å². The number of rotatable bonds is 2. The van der Waals surface area contributed by atoms with E-state index in [1.54, 1.807) is 18.2 Å². The van der Waals surface area contributed by atoms with Crippen molar-refractivity contribution in [2.75, 3.05) is 5.32 Å². The summed E-state index contributed by atoms with van der Waals surface area (Å²) in [6.07, 6.45) is 0. The minimum absolute atomic E-state index is 0.0496. The van der Waals surface area contributed by atoms with Crippen molar-refractivity contribution in [1.29, 1.82) is 0 Å². The zero-order valence-corrected chi connectivity index (χ0v) is 12.1. The fourth-order valence-electron chi connectivity index (χ4n) is 1.66. The Balaban J connectivity index is 2.60. The number of phenols is 1. The molecule has 110 valence electrons. The standard InChI is InChI=1S/C14H17N5O2/c1-14(2,3)11-16-10(8-6-4-5-7-9(8)20)17-13(18-11)19-12(15)21/h4-7,20H,1-3H3,(H3,15,16,17,18,19,21). The number of urea groups is 1. The number of hydrogen-bond acceptors (Lipinski definition) is 5. The van der Waals surface area contributed by atoms with Crippen LogP contribution in [0.3, 0.4) is 0 Å². The molecule has 0 radical (unpaired) electrons. The molecule has 0 bridgehead atoms. The first-order chi connectivity index (χ1) is 9.77. The smallest absolute Gasteiger partial charge is 0.319 e. The second-order valence-corrected chi connectivity index (χ2v) is 5.56.